The average molecular weight is 463 g/mol. The van der Waals surface area contributed by atoms with Gasteiger partial charge in [0, 0.05) is 18.8 Å². The van der Waals surface area contributed by atoms with Crippen molar-refractivity contribution in [2.75, 3.05) is 38.3 Å². The van der Waals surface area contributed by atoms with Crippen LogP contribution >= 0.6 is 11.8 Å². The molecule has 1 aliphatic rings. The summed E-state index contributed by atoms with van der Waals surface area (Å²) in [5.74, 6) is 1.61. The molecule has 2 aromatic carbocycles. The van der Waals surface area contributed by atoms with E-state index in [0.717, 1.165) is 41.0 Å². The van der Waals surface area contributed by atoms with Crippen molar-refractivity contribution in [3.05, 3.63) is 53.6 Å². The highest BCUT2D eigenvalue weighted by molar-refractivity contribution is 7.98. The van der Waals surface area contributed by atoms with Crippen LogP contribution in [-0.4, -0.2) is 54.8 Å². The molecular weight excluding hydrogens is 438 g/mol. The normalized spacial score (nSPS) is 14.1. The molecule has 2 heterocycles. The van der Waals surface area contributed by atoms with Gasteiger partial charge in [-0.05, 0) is 36.2 Å². The molecule has 10 heteroatoms. The molecule has 0 saturated carbocycles. The predicted molar refractivity (Wildman–Crippen MR) is 118 cm³/mol. The first-order valence-electron chi connectivity index (χ1n) is 10.2. The topological polar surface area (TPSA) is 61.6 Å². The number of anilines is 1. The van der Waals surface area contributed by atoms with Crippen LogP contribution in [0, 0.1) is 6.92 Å². The Labute approximate surface area is 189 Å². The number of alkyl halides is 2. The van der Waals surface area contributed by atoms with Crippen LogP contribution in [0.4, 0.5) is 14.7 Å². The Morgan fingerprint density at radius 1 is 1.09 bits per heavy atom. The maximum Gasteiger partial charge on any atom is 0.387 e. The van der Waals surface area contributed by atoms with Crippen molar-refractivity contribution < 1.29 is 23.0 Å². The molecule has 0 spiro atoms. The van der Waals surface area contributed by atoms with Gasteiger partial charge in [0.25, 0.3) is 0 Å². The second-order valence-electron chi connectivity index (χ2n) is 7.16. The number of thioether (sulfide) groups is 1. The van der Waals surface area contributed by atoms with Gasteiger partial charge in [0.1, 0.15) is 0 Å². The number of aromatic nitrogens is 3. The molecule has 32 heavy (non-hydrogen) atoms. The van der Waals surface area contributed by atoms with Gasteiger partial charge in [-0.15, -0.1) is 10.2 Å². The third-order valence-electron chi connectivity index (χ3n) is 5.08. The fraction of sp³-hybridized carbons (Fsp3) is 0.364. The maximum atomic E-state index is 12.6. The number of morpholine rings is 1. The highest BCUT2D eigenvalue weighted by atomic mass is 32.2. The minimum absolute atomic E-state index is 0.00827. The molecule has 0 radical (unpaired) electrons. The molecule has 1 aliphatic heterocycles. The second-order valence-corrected chi connectivity index (χ2v) is 8.10. The third kappa shape index (κ3) is 4.97. The Morgan fingerprint density at radius 2 is 1.88 bits per heavy atom. The van der Waals surface area contributed by atoms with Crippen molar-refractivity contribution in [3.63, 3.8) is 0 Å². The molecule has 0 bridgehead atoms. The van der Waals surface area contributed by atoms with E-state index >= 15 is 0 Å². The van der Waals surface area contributed by atoms with Crippen molar-refractivity contribution in [1.29, 1.82) is 0 Å². The zero-order valence-corrected chi connectivity index (χ0v) is 18.6. The van der Waals surface area contributed by atoms with E-state index in [1.807, 2.05) is 18.2 Å². The summed E-state index contributed by atoms with van der Waals surface area (Å²) in [7, 11) is 1.42. The molecule has 1 fully saturated rings. The molecule has 1 aromatic heterocycles. The van der Waals surface area contributed by atoms with Crippen LogP contribution in [-0.2, 0) is 10.5 Å². The van der Waals surface area contributed by atoms with E-state index in [2.05, 4.69) is 37.4 Å². The van der Waals surface area contributed by atoms with Gasteiger partial charge in [-0.25, -0.2) is 0 Å². The molecule has 7 nitrogen and oxygen atoms in total. The minimum Gasteiger partial charge on any atom is -0.493 e. The molecule has 0 aliphatic carbocycles. The van der Waals surface area contributed by atoms with E-state index in [1.165, 1.54) is 24.9 Å². The lowest BCUT2D eigenvalue weighted by Gasteiger charge is -2.28. The van der Waals surface area contributed by atoms with Gasteiger partial charge in [-0.1, -0.05) is 36.0 Å². The zero-order valence-electron chi connectivity index (χ0n) is 17.8. The van der Waals surface area contributed by atoms with Crippen molar-refractivity contribution >= 4 is 17.7 Å². The lowest BCUT2D eigenvalue weighted by atomic mass is 10.2. The Kier molecular flexibility index (Phi) is 7.11. The largest absolute Gasteiger partial charge is 0.493 e. The molecule has 0 unspecified atom stereocenters. The monoisotopic (exact) mass is 462 g/mol. The van der Waals surface area contributed by atoms with Crippen LogP contribution in [0.2, 0.25) is 0 Å². The molecule has 0 amide bonds. The molecule has 4 rings (SSSR count). The predicted octanol–water partition coefficient (Wildman–Crippen LogP) is 4.31. The first kappa shape index (κ1) is 22.3. The van der Waals surface area contributed by atoms with E-state index in [4.69, 9.17) is 9.47 Å². The third-order valence-corrected chi connectivity index (χ3v) is 6.08. The summed E-state index contributed by atoms with van der Waals surface area (Å²) in [5, 5.41) is 9.69. The van der Waals surface area contributed by atoms with E-state index in [0.29, 0.717) is 19.0 Å². The van der Waals surface area contributed by atoms with Gasteiger partial charge in [0.2, 0.25) is 5.95 Å². The highest BCUT2D eigenvalue weighted by Crippen LogP contribution is 2.34. The van der Waals surface area contributed by atoms with E-state index in [9.17, 15) is 8.78 Å². The van der Waals surface area contributed by atoms with Crippen LogP contribution in [0.3, 0.4) is 0 Å². The van der Waals surface area contributed by atoms with Crippen molar-refractivity contribution in [1.82, 2.24) is 14.8 Å². The maximum absolute atomic E-state index is 12.6. The number of methoxy groups -OCH3 is 1. The molecular formula is C22H24F2N4O3S. The molecule has 0 N–H and O–H groups in total. The number of benzene rings is 2. The highest BCUT2D eigenvalue weighted by Gasteiger charge is 2.22. The molecule has 0 atom stereocenters. The van der Waals surface area contributed by atoms with Crippen molar-refractivity contribution in [3.8, 4) is 17.2 Å². The summed E-state index contributed by atoms with van der Waals surface area (Å²) >= 11 is 1.51. The van der Waals surface area contributed by atoms with Crippen LogP contribution in [0.25, 0.3) is 5.69 Å². The number of rotatable bonds is 8. The molecule has 170 valence electrons. The van der Waals surface area contributed by atoms with Gasteiger partial charge in [0.05, 0.1) is 26.0 Å². The van der Waals surface area contributed by atoms with Crippen molar-refractivity contribution in [2.24, 2.45) is 0 Å². The number of hydrogen-bond donors (Lipinski definition) is 0. The molecule has 1 saturated heterocycles. The van der Waals surface area contributed by atoms with Crippen LogP contribution in [0.15, 0.2) is 47.6 Å². The number of ether oxygens (including phenoxy) is 3. The lowest BCUT2D eigenvalue weighted by Crippen LogP contribution is -2.38. The number of halogens is 2. The lowest BCUT2D eigenvalue weighted by molar-refractivity contribution is -0.0512. The second kappa shape index (κ2) is 10.2. The number of aryl methyl sites for hydroxylation is 1. The summed E-state index contributed by atoms with van der Waals surface area (Å²) in [6.07, 6.45) is 0. The van der Waals surface area contributed by atoms with E-state index < -0.39 is 6.61 Å². The van der Waals surface area contributed by atoms with Crippen LogP contribution in [0.1, 0.15) is 11.1 Å². The summed E-state index contributed by atoms with van der Waals surface area (Å²) in [6, 6.07) is 13.0. The Morgan fingerprint density at radius 3 is 2.59 bits per heavy atom. The van der Waals surface area contributed by atoms with Gasteiger partial charge < -0.3 is 19.1 Å². The van der Waals surface area contributed by atoms with Crippen LogP contribution < -0.4 is 14.4 Å². The van der Waals surface area contributed by atoms with E-state index in [1.54, 1.807) is 12.1 Å². The molecule has 3 aromatic rings. The van der Waals surface area contributed by atoms with Crippen molar-refractivity contribution in [2.45, 2.75) is 24.4 Å². The van der Waals surface area contributed by atoms with Gasteiger partial charge in [0.15, 0.2) is 16.7 Å². The van der Waals surface area contributed by atoms with Crippen LogP contribution in [0.5, 0.6) is 11.5 Å². The SMILES string of the molecule is COc1cc(CSc2nnc(N3CCOCC3)n2-c2ccccc2C)ccc1OC(F)F. The fourth-order valence-electron chi connectivity index (χ4n) is 3.49. The Bertz CT molecular complexity index is 1060. The summed E-state index contributed by atoms with van der Waals surface area (Å²) in [5.41, 5.74) is 3.01. The fourth-order valence-corrected chi connectivity index (χ4v) is 4.37. The summed E-state index contributed by atoms with van der Waals surface area (Å²) in [4.78, 5) is 2.17. The Hall–Kier alpha value is -2.85. The smallest absolute Gasteiger partial charge is 0.387 e. The zero-order chi connectivity index (χ0) is 22.5. The minimum atomic E-state index is -2.91. The number of para-hydroxylation sites is 1. The van der Waals surface area contributed by atoms with Gasteiger partial charge in [-0.3, -0.25) is 4.57 Å². The number of hydrogen-bond acceptors (Lipinski definition) is 7. The summed E-state index contributed by atoms with van der Waals surface area (Å²) < 4.78 is 42.4. The van der Waals surface area contributed by atoms with E-state index in [-0.39, 0.29) is 11.5 Å². The summed E-state index contributed by atoms with van der Waals surface area (Å²) in [6.45, 7) is 1.94. The number of nitrogens with zero attached hydrogens (tertiary/aromatic N) is 4. The first-order chi connectivity index (χ1) is 15.6. The Balaban J connectivity index is 1.61. The average Bonchev–Trinajstić information content (AvgIpc) is 3.22. The quantitative estimate of drug-likeness (QED) is 0.462. The standard InChI is InChI=1S/C22H24F2N4O3S/c1-15-5-3-4-6-17(15)28-21(27-9-11-30-12-10-27)25-26-22(28)32-14-16-7-8-18(31-20(23)24)19(13-16)29-2/h3-8,13,20H,9-12,14H2,1-2H3. The van der Waals surface area contributed by atoms with Gasteiger partial charge >= 0.3 is 6.61 Å². The first-order valence-corrected chi connectivity index (χ1v) is 11.1. The van der Waals surface area contributed by atoms with Gasteiger partial charge in [-0.2, -0.15) is 8.78 Å².